The molecule has 1 fully saturated rings. The van der Waals surface area contributed by atoms with Crippen LogP contribution in [0.1, 0.15) is 31.7 Å². The van der Waals surface area contributed by atoms with Gasteiger partial charge in [-0.1, -0.05) is 25.1 Å². The Hall–Kier alpha value is -1.02. The molecule has 2 N–H and O–H groups in total. The van der Waals surface area contributed by atoms with Crippen LogP contribution in [0.5, 0.6) is 5.75 Å². The van der Waals surface area contributed by atoms with Crippen molar-refractivity contribution < 1.29 is 4.74 Å². The quantitative estimate of drug-likeness (QED) is 0.848. The molecule has 88 valence electrons. The third-order valence-corrected chi connectivity index (χ3v) is 3.68. The number of hydrogen-bond donors (Lipinski definition) is 1. The third kappa shape index (κ3) is 2.38. The minimum absolute atomic E-state index is 0.355. The second-order valence-electron chi connectivity index (χ2n) is 5.30. The summed E-state index contributed by atoms with van der Waals surface area (Å²) in [6.45, 7) is 2.34. The largest absolute Gasteiger partial charge is 0.496 e. The van der Waals surface area contributed by atoms with E-state index in [9.17, 15) is 0 Å². The number of rotatable bonds is 3. The van der Waals surface area contributed by atoms with E-state index in [2.05, 4.69) is 19.1 Å². The van der Waals surface area contributed by atoms with Crippen molar-refractivity contribution in [2.75, 3.05) is 7.11 Å². The van der Waals surface area contributed by atoms with Gasteiger partial charge < -0.3 is 10.5 Å². The van der Waals surface area contributed by atoms with Gasteiger partial charge in [-0.3, -0.25) is 0 Å². The van der Waals surface area contributed by atoms with Gasteiger partial charge in [-0.25, -0.2) is 0 Å². The fourth-order valence-electron chi connectivity index (χ4n) is 2.84. The van der Waals surface area contributed by atoms with Crippen molar-refractivity contribution in [3.63, 3.8) is 0 Å². The van der Waals surface area contributed by atoms with E-state index in [0.717, 1.165) is 25.0 Å². The minimum Gasteiger partial charge on any atom is -0.496 e. The molecule has 2 nitrogen and oxygen atoms in total. The highest BCUT2D eigenvalue weighted by atomic mass is 16.5. The van der Waals surface area contributed by atoms with Crippen LogP contribution in [0.15, 0.2) is 24.3 Å². The molecular weight excluding hydrogens is 198 g/mol. The summed E-state index contributed by atoms with van der Waals surface area (Å²) in [7, 11) is 1.74. The van der Waals surface area contributed by atoms with Gasteiger partial charge in [0.2, 0.25) is 0 Å². The summed E-state index contributed by atoms with van der Waals surface area (Å²) in [5.41, 5.74) is 7.67. The Morgan fingerprint density at radius 1 is 1.44 bits per heavy atom. The average Bonchev–Trinajstić information content (AvgIpc) is 2.59. The summed E-state index contributed by atoms with van der Waals surface area (Å²) >= 11 is 0. The van der Waals surface area contributed by atoms with Crippen molar-refractivity contribution >= 4 is 0 Å². The number of nitrogens with two attached hydrogens (primary N) is 1. The van der Waals surface area contributed by atoms with Gasteiger partial charge in [-0.2, -0.15) is 0 Å². The first-order chi connectivity index (χ1) is 7.63. The lowest BCUT2D eigenvalue weighted by Crippen LogP contribution is -2.21. The molecule has 2 rings (SSSR count). The first kappa shape index (κ1) is 11.5. The highest BCUT2D eigenvalue weighted by Crippen LogP contribution is 2.41. The Labute approximate surface area is 97.8 Å². The molecule has 0 aliphatic heterocycles. The second kappa shape index (κ2) is 4.46. The number of ether oxygens (including phenoxy) is 1. The van der Waals surface area contributed by atoms with E-state index in [-0.39, 0.29) is 0 Å². The van der Waals surface area contributed by atoms with Gasteiger partial charge in [0.25, 0.3) is 0 Å². The van der Waals surface area contributed by atoms with E-state index in [0.29, 0.717) is 11.5 Å². The molecule has 0 aromatic heterocycles. The van der Waals surface area contributed by atoms with Gasteiger partial charge in [-0.05, 0) is 42.7 Å². The van der Waals surface area contributed by atoms with Crippen molar-refractivity contribution in [3.8, 4) is 5.75 Å². The lowest BCUT2D eigenvalue weighted by Gasteiger charge is -2.24. The monoisotopic (exact) mass is 219 g/mol. The normalized spacial score (nSPS) is 29.3. The maximum atomic E-state index is 6.00. The first-order valence-corrected chi connectivity index (χ1v) is 6.00. The molecular formula is C14H21NO. The van der Waals surface area contributed by atoms with E-state index in [4.69, 9.17) is 10.5 Å². The molecule has 2 unspecified atom stereocenters. The minimum atomic E-state index is 0.355. The van der Waals surface area contributed by atoms with Gasteiger partial charge in [0, 0.05) is 6.04 Å². The zero-order valence-corrected chi connectivity index (χ0v) is 10.2. The van der Waals surface area contributed by atoms with Crippen molar-refractivity contribution in [1.82, 2.24) is 0 Å². The lowest BCUT2D eigenvalue weighted by molar-refractivity contribution is 0.321. The number of benzene rings is 1. The second-order valence-corrected chi connectivity index (χ2v) is 5.30. The van der Waals surface area contributed by atoms with Crippen molar-refractivity contribution in [2.24, 2.45) is 11.1 Å². The predicted octanol–water partition coefficient (Wildman–Crippen LogP) is 2.76. The Morgan fingerprint density at radius 2 is 2.19 bits per heavy atom. The molecule has 0 amide bonds. The van der Waals surface area contributed by atoms with Crippen LogP contribution in [0.4, 0.5) is 0 Å². The summed E-state index contributed by atoms with van der Waals surface area (Å²) < 4.78 is 5.40. The third-order valence-electron chi connectivity index (χ3n) is 3.68. The smallest absolute Gasteiger partial charge is 0.122 e. The standard InChI is InChI=1S/C14H21NO/c1-14(8-7-12(15)10-14)9-11-5-3-4-6-13(11)16-2/h3-6,12H,7-10,15H2,1-2H3. The lowest BCUT2D eigenvalue weighted by atomic mass is 9.82. The molecule has 0 radical (unpaired) electrons. The van der Waals surface area contributed by atoms with E-state index in [1.54, 1.807) is 7.11 Å². The van der Waals surface area contributed by atoms with E-state index in [1.165, 1.54) is 12.0 Å². The summed E-state index contributed by atoms with van der Waals surface area (Å²) in [4.78, 5) is 0. The molecule has 0 bridgehead atoms. The average molecular weight is 219 g/mol. The van der Waals surface area contributed by atoms with E-state index >= 15 is 0 Å². The number of para-hydroxylation sites is 1. The summed E-state index contributed by atoms with van der Waals surface area (Å²) in [6, 6.07) is 8.68. The van der Waals surface area contributed by atoms with Gasteiger partial charge >= 0.3 is 0 Å². The summed E-state index contributed by atoms with van der Waals surface area (Å²) in [5, 5.41) is 0. The molecule has 1 aliphatic carbocycles. The molecule has 0 saturated heterocycles. The first-order valence-electron chi connectivity index (χ1n) is 6.00. The molecule has 1 aromatic carbocycles. The Morgan fingerprint density at radius 3 is 2.81 bits per heavy atom. The predicted molar refractivity (Wildman–Crippen MR) is 66.6 cm³/mol. The highest BCUT2D eigenvalue weighted by Gasteiger charge is 2.33. The SMILES string of the molecule is COc1ccccc1CC1(C)CCC(N)C1. The molecule has 1 aromatic rings. The van der Waals surface area contributed by atoms with Crippen molar-refractivity contribution in [2.45, 2.75) is 38.6 Å². The zero-order chi connectivity index (χ0) is 11.6. The number of methoxy groups -OCH3 is 1. The van der Waals surface area contributed by atoms with Crippen molar-refractivity contribution in [3.05, 3.63) is 29.8 Å². The molecule has 1 saturated carbocycles. The van der Waals surface area contributed by atoms with Crippen LogP contribution in [0.2, 0.25) is 0 Å². The van der Waals surface area contributed by atoms with Crippen LogP contribution < -0.4 is 10.5 Å². The van der Waals surface area contributed by atoms with Crippen LogP contribution >= 0.6 is 0 Å². The molecule has 1 aliphatic rings. The fourth-order valence-corrected chi connectivity index (χ4v) is 2.84. The molecule has 2 atom stereocenters. The summed E-state index contributed by atoms with van der Waals surface area (Å²) in [5.74, 6) is 1.00. The fraction of sp³-hybridized carbons (Fsp3) is 0.571. The van der Waals surface area contributed by atoms with Gasteiger partial charge in [0.05, 0.1) is 7.11 Å². The summed E-state index contributed by atoms with van der Waals surface area (Å²) in [6.07, 6.45) is 4.59. The van der Waals surface area contributed by atoms with Gasteiger partial charge in [0.15, 0.2) is 0 Å². The molecule has 0 heterocycles. The van der Waals surface area contributed by atoms with Gasteiger partial charge in [-0.15, -0.1) is 0 Å². The Bertz CT molecular complexity index is 364. The van der Waals surface area contributed by atoms with E-state index < -0.39 is 0 Å². The molecule has 0 spiro atoms. The van der Waals surface area contributed by atoms with Crippen LogP contribution in [-0.4, -0.2) is 13.2 Å². The van der Waals surface area contributed by atoms with Crippen molar-refractivity contribution in [1.29, 1.82) is 0 Å². The maximum absolute atomic E-state index is 6.00. The van der Waals surface area contributed by atoms with Gasteiger partial charge in [0.1, 0.15) is 5.75 Å². The Balaban J connectivity index is 2.14. The maximum Gasteiger partial charge on any atom is 0.122 e. The van der Waals surface area contributed by atoms with Crippen LogP contribution in [0, 0.1) is 5.41 Å². The zero-order valence-electron chi connectivity index (χ0n) is 10.2. The molecule has 16 heavy (non-hydrogen) atoms. The highest BCUT2D eigenvalue weighted by molar-refractivity contribution is 5.34. The van der Waals surface area contributed by atoms with Crippen LogP contribution in [0.25, 0.3) is 0 Å². The van der Waals surface area contributed by atoms with Crippen LogP contribution in [0.3, 0.4) is 0 Å². The van der Waals surface area contributed by atoms with Crippen LogP contribution in [-0.2, 0) is 6.42 Å². The topological polar surface area (TPSA) is 35.2 Å². The molecule has 2 heteroatoms. The number of hydrogen-bond acceptors (Lipinski definition) is 2. The Kier molecular flexibility index (Phi) is 3.20. The van der Waals surface area contributed by atoms with E-state index in [1.807, 2.05) is 12.1 Å².